The van der Waals surface area contributed by atoms with Gasteiger partial charge in [0.25, 0.3) is 5.91 Å². The van der Waals surface area contributed by atoms with E-state index in [9.17, 15) is 4.79 Å². The quantitative estimate of drug-likeness (QED) is 0.429. The van der Waals surface area contributed by atoms with Crippen molar-refractivity contribution in [2.24, 2.45) is 0 Å². The highest BCUT2D eigenvalue weighted by Gasteiger charge is 2.20. The Morgan fingerprint density at radius 3 is 2.66 bits per heavy atom. The van der Waals surface area contributed by atoms with Crippen molar-refractivity contribution in [2.75, 3.05) is 11.9 Å². The standard InChI is InChI=1S/C23H22ClN5O3/c1-4-31-20-8-6-5-7-18(20)23-26-19(15(3)32-23)13-29-14(2)21(27-28-29)22(30)25-17-11-9-16(24)10-12-17/h5-12H,4,13H2,1-3H3,(H,25,30). The summed E-state index contributed by atoms with van der Waals surface area (Å²) in [5.74, 6) is 1.49. The van der Waals surface area contributed by atoms with Gasteiger partial charge in [-0.2, -0.15) is 0 Å². The molecule has 2 aromatic heterocycles. The van der Waals surface area contributed by atoms with Crippen LogP contribution in [0.1, 0.15) is 34.6 Å². The molecule has 2 aromatic carbocycles. The number of amides is 1. The van der Waals surface area contributed by atoms with Gasteiger partial charge in [0.1, 0.15) is 17.2 Å². The minimum atomic E-state index is -0.348. The molecule has 0 aliphatic carbocycles. The molecule has 0 saturated heterocycles. The van der Waals surface area contributed by atoms with E-state index in [0.717, 1.165) is 5.56 Å². The molecular formula is C23H22ClN5O3. The van der Waals surface area contributed by atoms with Crippen molar-refractivity contribution in [1.29, 1.82) is 0 Å². The molecule has 0 aliphatic heterocycles. The first-order chi connectivity index (χ1) is 15.5. The normalized spacial score (nSPS) is 10.9. The Balaban J connectivity index is 1.54. The van der Waals surface area contributed by atoms with E-state index in [2.05, 4.69) is 20.6 Å². The Kier molecular flexibility index (Phi) is 6.23. The Morgan fingerprint density at radius 2 is 1.91 bits per heavy atom. The molecule has 4 aromatic rings. The van der Waals surface area contributed by atoms with Crippen LogP contribution < -0.4 is 10.1 Å². The van der Waals surface area contributed by atoms with Crippen LogP contribution in [0.15, 0.2) is 52.9 Å². The van der Waals surface area contributed by atoms with E-state index in [-0.39, 0.29) is 11.6 Å². The van der Waals surface area contributed by atoms with E-state index in [1.807, 2.05) is 38.1 Å². The van der Waals surface area contributed by atoms with Gasteiger partial charge in [-0.25, -0.2) is 9.67 Å². The lowest BCUT2D eigenvalue weighted by Crippen LogP contribution is -2.14. The molecule has 0 atom stereocenters. The summed E-state index contributed by atoms with van der Waals surface area (Å²) in [4.78, 5) is 17.3. The summed E-state index contributed by atoms with van der Waals surface area (Å²) >= 11 is 5.89. The monoisotopic (exact) mass is 451 g/mol. The third-order valence-corrected chi connectivity index (χ3v) is 5.16. The summed E-state index contributed by atoms with van der Waals surface area (Å²) in [6.45, 7) is 6.42. The van der Waals surface area contributed by atoms with Crippen LogP contribution in [0, 0.1) is 13.8 Å². The molecule has 1 amide bonds. The average molecular weight is 452 g/mol. The molecule has 8 nitrogen and oxygen atoms in total. The Labute approximate surface area is 190 Å². The first-order valence-electron chi connectivity index (χ1n) is 10.1. The molecule has 0 saturated carbocycles. The summed E-state index contributed by atoms with van der Waals surface area (Å²) in [6, 6.07) is 14.4. The summed E-state index contributed by atoms with van der Waals surface area (Å²) in [5, 5.41) is 11.6. The largest absolute Gasteiger partial charge is 0.493 e. The lowest BCUT2D eigenvalue weighted by molar-refractivity contribution is 0.102. The zero-order valence-electron chi connectivity index (χ0n) is 17.9. The second kappa shape index (κ2) is 9.23. The molecule has 0 aliphatic rings. The van der Waals surface area contributed by atoms with Crippen LogP contribution in [0.4, 0.5) is 5.69 Å². The van der Waals surface area contributed by atoms with Gasteiger partial charge in [-0.3, -0.25) is 4.79 Å². The fourth-order valence-corrected chi connectivity index (χ4v) is 3.33. The van der Waals surface area contributed by atoms with Crippen molar-refractivity contribution < 1.29 is 13.9 Å². The number of carbonyl (C=O) groups excluding carboxylic acids is 1. The smallest absolute Gasteiger partial charge is 0.278 e. The maximum atomic E-state index is 12.6. The summed E-state index contributed by atoms with van der Waals surface area (Å²) < 4.78 is 13.2. The summed E-state index contributed by atoms with van der Waals surface area (Å²) in [6.07, 6.45) is 0. The lowest BCUT2D eigenvalue weighted by atomic mass is 10.2. The van der Waals surface area contributed by atoms with Crippen molar-refractivity contribution in [2.45, 2.75) is 27.3 Å². The van der Waals surface area contributed by atoms with Gasteiger partial charge >= 0.3 is 0 Å². The van der Waals surface area contributed by atoms with Crippen molar-refractivity contribution in [1.82, 2.24) is 20.0 Å². The number of nitrogens with one attached hydrogen (secondary N) is 1. The Hall–Kier alpha value is -3.65. The lowest BCUT2D eigenvalue weighted by Gasteiger charge is -2.06. The number of oxazole rings is 1. The molecule has 32 heavy (non-hydrogen) atoms. The van der Waals surface area contributed by atoms with Gasteiger partial charge < -0.3 is 14.5 Å². The number of anilines is 1. The number of benzene rings is 2. The fraction of sp³-hybridized carbons (Fsp3) is 0.217. The van der Waals surface area contributed by atoms with E-state index >= 15 is 0 Å². The maximum absolute atomic E-state index is 12.6. The van der Waals surface area contributed by atoms with Gasteiger partial charge in [-0.05, 0) is 57.2 Å². The number of rotatable bonds is 7. The van der Waals surface area contributed by atoms with Crippen molar-refractivity contribution in [3.05, 3.63) is 76.4 Å². The first-order valence-corrected chi connectivity index (χ1v) is 10.5. The average Bonchev–Trinajstić information content (AvgIpc) is 3.33. The van der Waals surface area contributed by atoms with Crippen LogP contribution in [0.2, 0.25) is 5.02 Å². The van der Waals surface area contributed by atoms with Gasteiger partial charge in [-0.1, -0.05) is 28.9 Å². The third kappa shape index (κ3) is 4.50. The van der Waals surface area contributed by atoms with E-state index in [1.54, 1.807) is 35.9 Å². The predicted molar refractivity (Wildman–Crippen MR) is 121 cm³/mol. The highest BCUT2D eigenvalue weighted by atomic mass is 35.5. The van der Waals surface area contributed by atoms with Gasteiger partial charge in [0.2, 0.25) is 5.89 Å². The van der Waals surface area contributed by atoms with E-state index in [1.165, 1.54) is 0 Å². The zero-order valence-corrected chi connectivity index (χ0v) is 18.7. The molecule has 0 unspecified atom stereocenters. The van der Waals surface area contributed by atoms with E-state index < -0.39 is 0 Å². The minimum Gasteiger partial charge on any atom is -0.493 e. The van der Waals surface area contributed by atoms with Crippen LogP contribution in [-0.4, -0.2) is 32.5 Å². The number of para-hydroxylation sites is 1. The zero-order chi connectivity index (χ0) is 22.7. The number of hydrogen-bond donors (Lipinski definition) is 1. The Bertz CT molecular complexity index is 1250. The predicted octanol–water partition coefficient (Wildman–Crippen LogP) is 4.90. The first kappa shape index (κ1) is 21.6. The van der Waals surface area contributed by atoms with Crippen LogP contribution in [-0.2, 0) is 6.54 Å². The van der Waals surface area contributed by atoms with Crippen molar-refractivity contribution in [3.63, 3.8) is 0 Å². The van der Waals surface area contributed by atoms with E-state index in [0.29, 0.717) is 52.6 Å². The maximum Gasteiger partial charge on any atom is 0.278 e. The summed E-state index contributed by atoms with van der Waals surface area (Å²) in [7, 11) is 0. The second-order valence-corrected chi connectivity index (χ2v) is 7.53. The van der Waals surface area contributed by atoms with Crippen molar-refractivity contribution in [3.8, 4) is 17.2 Å². The molecule has 164 valence electrons. The molecule has 1 N–H and O–H groups in total. The van der Waals surface area contributed by atoms with Crippen LogP contribution in [0.3, 0.4) is 0 Å². The highest BCUT2D eigenvalue weighted by molar-refractivity contribution is 6.30. The molecular weight excluding hydrogens is 430 g/mol. The molecule has 0 fully saturated rings. The fourth-order valence-electron chi connectivity index (χ4n) is 3.20. The SMILES string of the molecule is CCOc1ccccc1-c1nc(Cn2nnc(C(=O)Nc3ccc(Cl)cc3)c2C)c(C)o1. The molecule has 4 rings (SSSR count). The molecule has 0 radical (unpaired) electrons. The van der Waals surface area contributed by atoms with Gasteiger partial charge in [0, 0.05) is 10.7 Å². The summed E-state index contributed by atoms with van der Waals surface area (Å²) in [5.41, 5.74) is 2.96. The molecule has 0 spiro atoms. The van der Waals surface area contributed by atoms with Crippen LogP contribution >= 0.6 is 11.6 Å². The van der Waals surface area contributed by atoms with Crippen molar-refractivity contribution >= 4 is 23.2 Å². The van der Waals surface area contributed by atoms with Gasteiger partial charge in [-0.15, -0.1) is 5.10 Å². The molecule has 0 bridgehead atoms. The topological polar surface area (TPSA) is 95.1 Å². The number of halogens is 1. The van der Waals surface area contributed by atoms with E-state index in [4.69, 9.17) is 20.8 Å². The van der Waals surface area contributed by atoms with Crippen LogP contribution in [0.25, 0.3) is 11.5 Å². The molecule has 9 heteroatoms. The number of ether oxygens (including phenoxy) is 1. The van der Waals surface area contributed by atoms with Gasteiger partial charge in [0.15, 0.2) is 5.69 Å². The number of hydrogen-bond acceptors (Lipinski definition) is 6. The number of aromatic nitrogens is 4. The number of carbonyl (C=O) groups is 1. The number of aryl methyl sites for hydroxylation is 1. The second-order valence-electron chi connectivity index (χ2n) is 7.09. The number of nitrogens with zero attached hydrogens (tertiary/aromatic N) is 4. The molecule has 2 heterocycles. The van der Waals surface area contributed by atoms with Crippen LogP contribution in [0.5, 0.6) is 5.75 Å². The minimum absolute atomic E-state index is 0.239. The third-order valence-electron chi connectivity index (χ3n) is 4.91. The Morgan fingerprint density at radius 1 is 1.16 bits per heavy atom. The van der Waals surface area contributed by atoms with Gasteiger partial charge in [0.05, 0.1) is 24.4 Å². The highest BCUT2D eigenvalue weighted by Crippen LogP contribution is 2.30.